The van der Waals surface area contributed by atoms with Crippen LogP contribution in [-0.2, 0) is 42.4 Å². The Bertz CT molecular complexity index is 842. The van der Waals surface area contributed by atoms with E-state index in [1.54, 1.807) is 25.1 Å². The fraction of sp³-hybridized carbons (Fsp3) is 0.550. The summed E-state index contributed by atoms with van der Waals surface area (Å²) in [6, 6.07) is 8.09. The molecule has 5 atom stereocenters. The summed E-state index contributed by atoms with van der Waals surface area (Å²) in [4.78, 5) is 36.1. The second-order valence-corrected chi connectivity index (χ2v) is 9.69. The van der Waals surface area contributed by atoms with Gasteiger partial charge in [0.25, 0.3) is 0 Å². The van der Waals surface area contributed by atoms with Gasteiger partial charge in [0.1, 0.15) is 6.35 Å². The molecular formula is C20H27O10P. The van der Waals surface area contributed by atoms with E-state index < -0.39 is 49.6 Å². The van der Waals surface area contributed by atoms with E-state index in [2.05, 4.69) is 0 Å². The van der Waals surface area contributed by atoms with Gasteiger partial charge in [0.05, 0.1) is 12.2 Å². The third-order valence-corrected chi connectivity index (χ3v) is 5.72. The Kier molecular flexibility index (Phi) is 8.36. The Morgan fingerprint density at radius 1 is 1.10 bits per heavy atom. The molecule has 3 unspecified atom stereocenters. The predicted octanol–water partition coefficient (Wildman–Crippen LogP) is 2.70. The number of hydrogen-bond acceptors (Lipinski definition) is 10. The third kappa shape index (κ3) is 6.61. The Balaban J connectivity index is 2.34. The molecule has 0 spiro atoms. The topological polar surface area (TPSA) is 124 Å². The van der Waals surface area contributed by atoms with Crippen molar-refractivity contribution in [1.82, 2.24) is 0 Å². The van der Waals surface area contributed by atoms with E-state index in [0.717, 1.165) is 13.8 Å². The molecular weight excluding hydrogens is 431 g/mol. The number of esters is 3. The monoisotopic (exact) mass is 458 g/mol. The van der Waals surface area contributed by atoms with Crippen LogP contribution in [0.4, 0.5) is 0 Å². The molecule has 1 aromatic rings. The lowest BCUT2D eigenvalue weighted by Crippen LogP contribution is -2.52. The Labute approximate surface area is 180 Å². The molecule has 11 heteroatoms. The molecule has 10 nitrogen and oxygen atoms in total. The molecule has 1 aliphatic rings. The van der Waals surface area contributed by atoms with Crippen LogP contribution in [-0.4, -0.2) is 61.8 Å². The molecule has 2 rings (SSSR count). The molecule has 0 aliphatic carbocycles. The van der Waals surface area contributed by atoms with Crippen molar-refractivity contribution in [3.8, 4) is 0 Å². The van der Waals surface area contributed by atoms with Crippen molar-refractivity contribution < 1.29 is 47.2 Å². The van der Waals surface area contributed by atoms with Crippen molar-refractivity contribution in [3.05, 3.63) is 35.9 Å². The van der Waals surface area contributed by atoms with Gasteiger partial charge in [-0.1, -0.05) is 18.2 Å². The zero-order valence-corrected chi connectivity index (χ0v) is 19.0. The van der Waals surface area contributed by atoms with Crippen molar-refractivity contribution in [1.29, 1.82) is 0 Å². The van der Waals surface area contributed by atoms with Crippen molar-refractivity contribution in [2.45, 2.75) is 52.0 Å². The van der Waals surface area contributed by atoms with Crippen LogP contribution in [0.1, 0.15) is 38.1 Å². The Hall–Kier alpha value is -2.26. The summed E-state index contributed by atoms with van der Waals surface area (Å²) in [6.45, 7) is 6.96. The molecule has 0 aromatic heterocycles. The standard InChI is InChI=1S/C20H27O10P/c1-6-26-31(5,24)12-25-18-16(27-13(2)21)20(4,19(29-18)28-14(3)22)30-17(23)15-10-8-7-9-11-15/h7-11,16,18-19H,6,12H2,1-5H3/t16?,18-,19?,20+,31?/m0/s1. The molecule has 1 heterocycles. The first kappa shape index (κ1) is 25.0. The predicted molar refractivity (Wildman–Crippen MR) is 107 cm³/mol. The van der Waals surface area contributed by atoms with Gasteiger partial charge in [-0.15, -0.1) is 0 Å². The van der Waals surface area contributed by atoms with Crippen LogP contribution in [0.25, 0.3) is 0 Å². The van der Waals surface area contributed by atoms with E-state index in [-0.39, 0.29) is 18.5 Å². The van der Waals surface area contributed by atoms with Crippen molar-refractivity contribution in [2.75, 3.05) is 19.6 Å². The third-order valence-electron chi connectivity index (χ3n) is 4.30. The number of carbonyl (C=O) groups excluding carboxylic acids is 3. The molecule has 0 bridgehead atoms. The first-order chi connectivity index (χ1) is 14.5. The highest BCUT2D eigenvalue weighted by molar-refractivity contribution is 7.57. The van der Waals surface area contributed by atoms with Crippen LogP contribution < -0.4 is 0 Å². The smallest absolute Gasteiger partial charge is 0.339 e. The first-order valence-electron chi connectivity index (χ1n) is 9.59. The minimum Gasteiger partial charge on any atom is -0.453 e. The molecule has 0 radical (unpaired) electrons. The molecule has 0 N–H and O–H groups in total. The Morgan fingerprint density at radius 2 is 1.71 bits per heavy atom. The second-order valence-electron chi connectivity index (χ2n) is 7.14. The molecule has 31 heavy (non-hydrogen) atoms. The number of benzene rings is 1. The quantitative estimate of drug-likeness (QED) is 0.310. The van der Waals surface area contributed by atoms with E-state index >= 15 is 0 Å². The average Bonchev–Trinajstić information content (AvgIpc) is 2.91. The molecule has 172 valence electrons. The van der Waals surface area contributed by atoms with Crippen LogP contribution in [0.3, 0.4) is 0 Å². The fourth-order valence-electron chi connectivity index (χ4n) is 2.96. The molecule has 0 amide bonds. The first-order valence-corrected chi connectivity index (χ1v) is 11.8. The van der Waals surface area contributed by atoms with Crippen LogP contribution in [0.2, 0.25) is 0 Å². The Morgan fingerprint density at radius 3 is 2.26 bits per heavy atom. The van der Waals surface area contributed by atoms with Gasteiger partial charge >= 0.3 is 17.9 Å². The van der Waals surface area contributed by atoms with Gasteiger partial charge in [0.15, 0.2) is 6.10 Å². The molecule has 1 fully saturated rings. The normalized spacial score (nSPS) is 27.2. The van der Waals surface area contributed by atoms with Gasteiger partial charge in [-0.05, 0) is 26.0 Å². The highest BCUT2D eigenvalue weighted by Gasteiger charge is 2.62. The van der Waals surface area contributed by atoms with Gasteiger partial charge in [0.2, 0.25) is 25.5 Å². The zero-order chi connectivity index (χ0) is 23.2. The highest BCUT2D eigenvalue weighted by atomic mass is 31.2. The maximum atomic E-state index is 12.7. The molecule has 1 saturated heterocycles. The maximum absolute atomic E-state index is 12.7. The van der Waals surface area contributed by atoms with Gasteiger partial charge in [-0.25, -0.2) is 4.79 Å². The van der Waals surface area contributed by atoms with Crippen LogP contribution >= 0.6 is 7.37 Å². The van der Waals surface area contributed by atoms with E-state index in [9.17, 15) is 18.9 Å². The SMILES string of the molecule is CCOP(C)(=O)CO[C@H]1OC(OC(C)=O)[C@](C)(OC(=O)c2ccccc2)C1OC(C)=O. The van der Waals surface area contributed by atoms with E-state index in [1.807, 2.05) is 0 Å². The van der Waals surface area contributed by atoms with Gasteiger partial charge in [0, 0.05) is 20.5 Å². The summed E-state index contributed by atoms with van der Waals surface area (Å²) in [5.41, 5.74) is -1.52. The largest absolute Gasteiger partial charge is 0.453 e. The number of rotatable bonds is 9. The fourth-order valence-corrected chi connectivity index (χ4v) is 4.00. The van der Waals surface area contributed by atoms with Crippen molar-refractivity contribution in [2.24, 2.45) is 0 Å². The van der Waals surface area contributed by atoms with Crippen molar-refractivity contribution in [3.63, 3.8) is 0 Å². The van der Waals surface area contributed by atoms with E-state index in [4.69, 9.17) is 28.2 Å². The second kappa shape index (κ2) is 10.4. The van der Waals surface area contributed by atoms with Crippen molar-refractivity contribution >= 4 is 25.3 Å². The number of ether oxygens (including phenoxy) is 5. The summed E-state index contributed by atoms with van der Waals surface area (Å²) >= 11 is 0. The molecule has 0 saturated carbocycles. The summed E-state index contributed by atoms with van der Waals surface area (Å²) in [6.07, 6.45) is -4.46. The summed E-state index contributed by atoms with van der Waals surface area (Å²) < 4.78 is 44.9. The van der Waals surface area contributed by atoms with Crippen LogP contribution in [0.5, 0.6) is 0 Å². The lowest BCUT2D eigenvalue weighted by molar-refractivity contribution is -0.225. The van der Waals surface area contributed by atoms with Crippen LogP contribution in [0, 0.1) is 0 Å². The van der Waals surface area contributed by atoms with E-state index in [1.165, 1.54) is 25.7 Å². The lowest BCUT2D eigenvalue weighted by Gasteiger charge is -2.33. The minimum absolute atomic E-state index is 0.207. The molecule has 1 aliphatic heterocycles. The van der Waals surface area contributed by atoms with Gasteiger partial charge < -0.3 is 28.2 Å². The summed E-state index contributed by atoms with van der Waals surface area (Å²) in [5.74, 6) is -2.18. The zero-order valence-electron chi connectivity index (χ0n) is 18.1. The highest BCUT2D eigenvalue weighted by Crippen LogP contribution is 2.45. The summed E-state index contributed by atoms with van der Waals surface area (Å²) in [5, 5.41) is 0. The number of hydrogen-bond donors (Lipinski definition) is 0. The average molecular weight is 458 g/mol. The van der Waals surface area contributed by atoms with Gasteiger partial charge in [-0.2, -0.15) is 0 Å². The molecule has 1 aromatic carbocycles. The van der Waals surface area contributed by atoms with Gasteiger partial charge in [-0.3, -0.25) is 14.2 Å². The lowest BCUT2D eigenvalue weighted by atomic mass is 9.99. The summed E-state index contributed by atoms with van der Waals surface area (Å²) in [7, 11) is -3.13. The van der Waals surface area contributed by atoms with E-state index in [0.29, 0.717) is 0 Å². The van der Waals surface area contributed by atoms with Crippen LogP contribution in [0.15, 0.2) is 30.3 Å². The maximum Gasteiger partial charge on any atom is 0.339 e. The minimum atomic E-state index is -3.13. The number of carbonyl (C=O) groups is 3.